The zero-order valence-corrected chi connectivity index (χ0v) is 15.4. The molecule has 0 aliphatic heterocycles. The van der Waals surface area contributed by atoms with Gasteiger partial charge in [-0.2, -0.15) is 0 Å². The van der Waals surface area contributed by atoms with Gasteiger partial charge in [0.1, 0.15) is 0 Å². The van der Waals surface area contributed by atoms with E-state index >= 15 is 0 Å². The molecule has 0 aliphatic rings. The third-order valence-electron chi connectivity index (χ3n) is 2.81. The maximum atomic E-state index is 11.9. The molecule has 1 heterocycles. The minimum absolute atomic E-state index is 0.116. The summed E-state index contributed by atoms with van der Waals surface area (Å²) in [7, 11) is 0. The smallest absolute Gasteiger partial charge is 0.234 e. The largest absolute Gasteiger partial charge is 0.326 e. The van der Waals surface area contributed by atoms with Crippen molar-refractivity contribution in [2.45, 2.75) is 19.6 Å². The lowest BCUT2D eigenvalue weighted by molar-refractivity contribution is -0.115. The summed E-state index contributed by atoms with van der Waals surface area (Å²) in [6.07, 6.45) is 0. The van der Waals surface area contributed by atoms with Gasteiger partial charge in [-0.25, -0.2) is 4.98 Å². The number of amides is 3. The SMILES string of the molecule is CC(=O)Nc1ccc(NC(=O)CSCc2csc(NC(C)=O)n2)cc1. The van der Waals surface area contributed by atoms with E-state index in [1.54, 1.807) is 24.3 Å². The Balaban J connectivity index is 1.74. The molecule has 0 radical (unpaired) electrons. The summed E-state index contributed by atoms with van der Waals surface area (Å²) in [5.74, 6) is 0.467. The molecule has 7 nitrogen and oxygen atoms in total. The predicted molar refractivity (Wildman–Crippen MR) is 102 cm³/mol. The monoisotopic (exact) mass is 378 g/mol. The molecule has 9 heteroatoms. The van der Waals surface area contributed by atoms with Crippen molar-refractivity contribution >= 4 is 57.3 Å². The highest BCUT2D eigenvalue weighted by Gasteiger charge is 2.07. The van der Waals surface area contributed by atoms with E-state index in [0.717, 1.165) is 5.69 Å². The Kier molecular flexibility index (Phi) is 6.96. The number of hydrogen-bond acceptors (Lipinski definition) is 6. The number of nitrogens with one attached hydrogen (secondary N) is 3. The molecule has 132 valence electrons. The van der Waals surface area contributed by atoms with Gasteiger partial charge in [0, 0.05) is 36.4 Å². The first kappa shape index (κ1) is 18.9. The lowest BCUT2D eigenvalue weighted by Crippen LogP contribution is -2.14. The number of benzene rings is 1. The second-order valence-corrected chi connectivity index (χ2v) is 6.97. The first-order valence-electron chi connectivity index (χ1n) is 7.39. The molecule has 3 N–H and O–H groups in total. The fourth-order valence-electron chi connectivity index (χ4n) is 1.87. The molecule has 2 rings (SSSR count). The molecule has 0 saturated heterocycles. The first-order chi connectivity index (χ1) is 11.9. The van der Waals surface area contributed by atoms with E-state index in [2.05, 4.69) is 20.9 Å². The standard InChI is InChI=1S/C16H18N4O3S2/c1-10(21)17-12-3-5-13(6-4-12)19-15(23)9-24-7-14-8-25-16(20-14)18-11(2)22/h3-6,8H,7,9H2,1-2H3,(H,17,21)(H,19,23)(H,18,20,22). The Morgan fingerprint density at radius 3 is 2.20 bits per heavy atom. The number of nitrogens with zero attached hydrogens (tertiary/aromatic N) is 1. The fraction of sp³-hybridized carbons (Fsp3) is 0.250. The van der Waals surface area contributed by atoms with Gasteiger partial charge in [-0.05, 0) is 24.3 Å². The van der Waals surface area contributed by atoms with Crippen LogP contribution in [0.5, 0.6) is 0 Å². The van der Waals surface area contributed by atoms with Gasteiger partial charge in [-0.15, -0.1) is 23.1 Å². The average Bonchev–Trinajstić information content (AvgIpc) is 2.95. The summed E-state index contributed by atoms with van der Waals surface area (Å²) < 4.78 is 0. The van der Waals surface area contributed by atoms with Gasteiger partial charge in [0.2, 0.25) is 17.7 Å². The highest BCUT2D eigenvalue weighted by atomic mass is 32.2. The lowest BCUT2D eigenvalue weighted by atomic mass is 10.3. The van der Waals surface area contributed by atoms with Gasteiger partial charge in [0.05, 0.1) is 11.4 Å². The maximum Gasteiger partial charge on any atom is 0.234 e. The number of carbonyl (C=O) groups is 3. The lowest BCUT2D eigenvalue weighted by Gasteiger charge is -2.06. The number of thioether (sulfide) groups is 1. The molecule has 1 aromatic heterocycles. The van der Waals surface area contributed by atoms with E-state index in [9.17, 15) is 14.4 Å². The van der Waals surface area contributed by atoms with Crippen LogP contribution < -0.4 is 16.0 Å². The molecule has 0 atom stereocenters. The van der Waals surface area contributed by atoms with Crippen LogP contribution >= 0.6 is 23.1 Å². The van der Waals surface area contributed by atoms with Crippen molar-refractivity contribution in [3.8, 4) is 0 Å². The van der Waals surface area contributed by atoms with E-state index in [0.29, 0.717) is 28.0 Å². The van der Waals surface area contributed by atoms with Crippen molar-refractivity contribution in [3.05, 3.63) is 35.3 Å². The van der Waals surface area contributed by atoms with E-state index in [1.165, 1.54) is 36.9 Å². The molecule has 3 amide bonds. The third kappa shape index (κ3) is 6.94. The maximum absolute atomic E-state index is 11.9. The number of carbonyl (C=O) groups excluding carboxylic acids is 3. The Morgan fingerprint density at radius 1 is 1.00 bits per heavy atom. The molecular formula is C16H18N4O3S2. The van der Waals surface area contributed by atoms with Gasteiger partial charge in [-0.3, -0.25) is 14.4 Å². The third-order valence-corrected chi connectivity index (χ3v) is 4.58. The Morgan fingerprint density at radius 2 is 1.60 bits per heavy atom. The van der Waals surface area contributed by atoms with Gasteiger partial charge in [-0.1, -0.05) is 0 Å². The molecule has 1 aromatic carbocycles. The van der Waals surface area contributed by atoms with Crippen molar-refractivity contribution in [2.24, 2.45) is 0 Å². The number of aromatic nitrogens is 1. The summed E-state index contributed by atoms with van der Waals surface area (Å²) >= 11 is 2.80. The second-order valence-electron chi connectivity index (χ2n) is 5.12. The number of anilines is 3. The molecule has 0 spiro atoms. The molecule has 2 aromatic rings. The number of thiazole rings is 1. The van der Waals surface area contributed by atoms with E-state index in [1.807, 2.05) is 5.38 Å². The zero-order chi connectivity index (χ0) is 18.2. The first-order valence-corrected chi connectivity index (χ1v) is 9.43. The predicted octanol–water partition coefficient (Wildman–Crippen LogP) is 2.93. The van der Waals surface area contributed by atoms with Crippen molar-refractivity contribution < 1.29 is 14.4 Å². The van der Waals surface area contributed by atoms with Crippen molar-refractivity contribution in [3.63, 3.8) is 0 Å². The van der Waals surface area contributed by atoms with Crippen LogP contribution in [-0.2, 0) is 20.1 Å². The van der Waals surface area contributed by atoms with Crippen LogP contribution in [0.2, 0.25) is 0 Å². The molecule has 0 saturated carbocycles. The number of hydrogen-bond donors (Lipinski definition) is 3. The zero-order valence-electron chi connectivity index (χ0n) is 13.8. The Labute approximate surface area is 153 Å². The normalized spacial score (nSPS) is 10.2. The summed E-state index contributed by atoms with van der Waals surface area (Å²) in [6.45, 7) is 2.87. The minimum Gasteiger partial charge on any atom is -0.326 e. The van der Waals surface area contributed by atoms with E-state index < -0.39 is 0 Å². The summed E-state index contributed by atoms with van der Waals surface area (Å²) in [5, 5.41) is 10.5. The molecular weight excluding hydrogens is 360 g/mol. The van der Waals surface area contributed by atoms with Gasteiger partial charge < -0.3 is 16.0 Å². The molecule has 0 unspecified atom stereocenters. The van der Waals surface area contributed by atoms with E-state index in [-0.39, 0.29) is 17.7 Å². The van der Waals surface area contributed by atoms with Crippen LogP contribution in [-0.4, -0.2) is 28.5 Å². The van der Waals surface area contributed by atoms with Gasteiger partial charge >= 0.3 is 0 Å². The average molecular weight is 378 g/mol. The van der Waals surface area contributed by atoms with Crippen molar-refractivity contribution in [2.75, 3.05) is 21.7 Å². The second kappa shape index (κ2) is 9.19. The van der Waals surface area contributed by atoms with Crippen LogP contribution in [0, 0.1) is 0 Å². The summed E-state index contributed by atoms with van der Waals surface area (Å²) in [6, 6.07) is 6.91. The molecule has 0 fully saturated rings. The van der Waals surface area contributed by atoms with Crippen LogP contribution in [0.15, 0.2) is 29.6 Å². The van der Waals surface area contributed by atoms with Crippen LogP contribution in [0.4, 0.5) is 16.5 Å². The van der Waals surface area contributed by atoms with E-state index in [4.69, 9.17) is 0 Å². The van der Waals surface area contributed by atoms with Gasteiger partial charge in [0.25, 0.3) is 0 Å². The van der Waals surface area contributed by atoms with Crippen LogP contribution in [0.1, 0.15) is 19.5 Å². The van der Waals surface area contributed by atoms with Gasteiger partial charge in [0.15, 0.2) is 5.13 Å². The summed E-state index contributed by atoms with van der Waals surface area (Å²) in [4.78, 5) is 38.1. The summed E-state index contributed by atoms with van der Waals surface area (Å²) in [5.41, 5.74) is 2.17. The van der Waals surface area contributed by atoms with Crippen molar-refractivity contribution in [1.82, 2.24) is 4.98 Å². The quantitative estimate of drug-likeness (QED) is 0.688. The molecule has 0 bridgehead atoms. The molecule has 25 heavy (non-hydrogen) atoms. The topological polar surface area (TPSA) is 100 Å². The van der Waals surface area contributed by atoms with Crippen molar-refractivity contribution in [1.29, 1.82) is 0 Å². The minimum atomic E-state index is -0.155. The number of rotatable bonds is 7. The Hall–Kier alpha value is -2.39. The highest BCUT2D eigenvalue weighted by molar-refractivity contribution is 7.99. The highest BCUT2D eigenvalue weighted by Crippen LogP contribution is 2.20. The molecule has 0 aliphatic carbocycles. The van der Waals surface area contributed by atoms with Crippen LogP contribution in [0.25, 0.3) is 0 Å². The Bertz CT molecular complexity index is 759. The van der Waals surface area contributed by atoms with Crippen LogP contribution in [0.3, 0.4) is 0 Å². The fourth-order valence-corrected chi connectivity index (χ4v) is 3.45.